The standard InChI is InChI=1S/C51H36N2/c1-51(2)45-20-9-6-17-39(45)42-30-36(25-28-46(42)51)34-23-26-37(27-24-34)52-47-21-10-7-18-40(47)43-31-44-41-19-8-11-22-48(41)53(50(44)32-49(43)52)38-16-12-15-35(29-38)33-13-4-3-5-14-33/h3-32H,1-2H3. The molecule has 0 atom stereocenters. The van der Waals surface area contributed by atoms with E-state index in [1.54, 1.807) is 0 Å². The molecule has 2 nitrogen and oxygen atoms in total. The van der Waals surface area contributed by atoms with E-state index < -0.39 is 0 Å². The lowest BCUT2D eigenvalue weighted by Gasteiger charge is -2.21. The van der Waals surface area contributed by atoms with Gasteiger partial charge in [-0.25, -0.2) is 0 Å². The van der Waals surface area contributed by atoms with Gasteiger partial charge >= 0.3 is 0 Å². The van der Waals surface area contributed by atoms with Crippen molar-refractivity contribution in [3.63, 3.8) is 0 Å². The van der Waals surface area contributed by atoms with Gasteiger partial charge in [0.25, 0.3) is 0 Å². The summed E-state index contributed by atoms with van der Waals surface area (Å²) in [6.45, 7) is 4.68. The van der Waals surface area contributed by atoms with E-state index in [0.29, 0.717) is 0 Å². The average Bonchev–Trinajstić information content (AvgIpc) is 3.80. The predicted molar refractivity (Wildman–Crippen MR) is 224 cm³/mol. The first kappa shape index (κ1) is 30.0. The highest BCUT2D eigenvalue weighted by Gasteiger charge is 2.35. The minimum Gasteiger partial charge on any atom is -0.309 e. The Morgan fingerprint density at radius 1 is 0.321 bits per heavy atom. The van der Waals surface area contributed by atoms with Gasteiger partial charge in [-0.3, -0.25) is 0 Å². The number of nitrogens with zero attached hydrogens (tertiary/aromatic N) is 2. The van der Waals surface area contributed by atoms with Crippen LogP contribution in [0.4, 0.5) is 0 Å². The lowest BCUT2D eigenvalue weighted by atomic mass is 9.82. The fourth-order valence-electron chi connectivity index (χ4n) is 9.15. The molecule has 1 aliphatic rings. The summed E-state index contributed by atoms with van der Waals surface area (Å²) in [5, 5.41) is 5.04. The second-order valence-corrected chi connectivity index (χ2v) is 15.0. The number of benzene rings is 8. The molecule has 0 bridgehead atoms. The number of para-hydroxylation sites is 2. The van der Waals surface area contributed by atoms with Crippen LogP contribution in [0.25, 0.3) is 88.4 Å². The molecule has 10 aromatic rings. The molecule has 0 saturated carbocycles. The van der Waals surface area contributed by atoms with Gasteiger partial charge in [0.1, 0.15) is 0 Å². The molecular weight excluding hydrogens is 641 g/mol. The first-order valence-electron chi connectivity index (χ1n) is 18.5. The van der Waals surface area contributed by atoms with Gasteiger partial charge in [-0.1, -0.05) is 141 Å². The molecule has 0 N–H and O–H groups in total. The molecule has 2 aromatic heterocycles. The Kier molecular flexibility index (Phi) is 6.33. The van der Waals surface area contributed by atoms with Crippen molar-refractivity contribution in [3.05, 3.63) is 193 Å². The fraction of sp³-hybridized carbons (Fsp3) is 0.0588. The van der Waals surface area contributed by atoms with Crippen LogP contribution in [0.3, 0.4) is 0 Å². The maximum Gasteiger partial charge on any atom is 0.0562 e. The number of fused-ring (bicyclic) bond motifs is 9. The van der Waals surface area contributed by atoms with E-state index in [1.165, 1.54) is 88.1 Å². The summed E-state index contributed by atoms with van der Waals surface area (Å²) in [6.07, 6.45) is 0. The van der Waals surface area contributed by atoms with Crippen molar-refractivity contribution in [1.82, 2.24) is 9.13 Å². The van der Waals surface area contributed by atoms with Crippen LogP contribution in [0.2, 0.25) is 0 Å². The van der Waals surface area contributed by atoms with E-state index in [2.05, 4.69) is 205 Å². The maximum atomic E-state index is 2.44. The molecule has 53 heavy (non-hydrogen) atoms. The van der Waals surface area contributed by atoms with Gasteiger partial charge in [0.05, 0.1) is 22.1 Å². The summed E-state index contributed by atoms with van der Waals surface area (Å²) in [7, 11) is 0. The van der Waals surface area contributed by atoms with Crippen molar-refractivity contribution in [1.29, 1.82) is 0 Å². The number of hydrogen-bond donors (Lipinski definition) is 0. The smallest absolute Gasteiger partial charge is 0.0562 e. The van der Waals surface area contributed by atoms with Crippen molar-refractivity contribution in [2.24, 2.45) is 0 Å². The van der Waals surface area contributed by atoms with Gasteiger partial charge in [0.2, 0.25) is 0 Å². The summed E-state index contributed by atoms with van der Waals surface area (Å²) in [6, 6.07) is 67.1. The zero-order chi connectivity index (χ0) is 35.3. The van der Waals surface area contributed by atoms with Gasteiger partial charge in [0, 0.05) is 38.3 Å². The highest BCUT2D eigenvalue weighted by atomic mass is 15.0. The van der Waals surface area contributed by atoms with Gasteiger partial charge in [-0.05, 0) is 99.1 Å². The normalized spacial score (nSPS) is 13.2. The first-order chi connectivity index (χ1) is 26.0. The molecule has 11 rings (SSSR count). The van der Waals surface area contributed by atoms with Crippen LogP contribution in [0, 0.1) is 0 Å². The van der Waals surface area contributed by atoms with Crippen LogP contribution >= 0.6 is 0 Å². The predicted octanol–water partition coefficient (Wildman–Crippen LogP) is 13.5. The van der Waals surface area contributed by atoms with E-state index in [-0.39, 0.29) is 5.41 Å². The summed E-state index contributed by atoms with van der Waals surface area (Å²) in [5.74, 6) is 0. The van der Waals surface area contributed by atoms with E-state index in [4.69, 9.17) is 0 Å². The van der Waals surface area contributed by atoms with Crippen LogP contribution in [0.5, 0.6) is 0 Å². The van der Waals surface area contributed by atoms with E-state index >= 15 is 0 Å². The third-order valence-electron chi connectivity index (χ3n) is 11.7. The molecule has 0 aliphatic heterocycles. The molecule has 0 spiro atoms. The molecule has 8 aromatic carbocycles. The van der Waals surface area contributed by atoms with Crippen LogP contribution in [-0.2, 0) is 5.41 Å². The summed E-state index contributed by atoms with van der Waals surface area (Å²) >= 11 is 0. The first-order valence-corrected chi connectivity index (χ1v) is 18.5. The van der Waals surface area contributed by atoms with Crippen molar-refractivity contribution in [3.8, 4) is 44.8 Å². The van der Waals surface area contributed by atoms with Crippen molar-refractivity contribution < 1.29 is 0 Å². The topological polar surface area (TPSA) is 9.86 Å². The van der Waals surface area contributed by atoms with Crippen molar-refractivity contribution in [2.75, 3.05) is 0 Å². The van der Waals surface area contributed by atoms with Crippen molar-refractivity contribution >= 4 is 43.6 Å². The highest BCUT2D eigenvalue weighted by Crippen LogP contribution is 2.49. The Morgan fingerprint density at radius 3 is 1.60 bits per heavy atom. The highest BCUT2D eigenvalue weighted by molar-refractivity contribution is 6.19. The van der Waals surface area contributed by atoms with Crippen LogP contribution in [-0.4, -0.2) is 9.13 Å². The lowest BCUT2D eigenvalue weighted by molar-refractivity contribution is 0.660. The molecule has 2 heteroatoms. The molecule has 0 unspecified atom stereocenters. The van der Waals surface area contributed by atoms with Gasteiger partial charge in [-0.2, -0.15) is 0 Å². The molecule has 2 heterocycles. The monoisotopic (exact) mass is 676 g/mol. The van der Waals surface area contributed by atoms with E-state index in [9.17, 15) is 0 Å². The Bertz CT molecular complexity index is 3060. The zero-order valence-corrected chi connectivity index (χ0v) is 29.7. The van der Waals surface area contributed by atoms with Crippen molar-refractivity contribution in [2.45, 2.75) is 19.3 Å². The Balaban J connectivity index is 1.09. The quantitative estimate of drug-likeness (QED) is 0.176. The minimum atomic E-state index is 0.00662. The summed E-state index contributed by atoms with van der Waals surface area (Å²) < 4.78 is 4.88. The minimum absolute atomic E-state index is 0.00662. The number of hydrogen-bond acceptors (Lipinski definition) is 0. The molecule has 0 radical (unpaired) electrons. The van der Waals surface area contributed by atoms with Crippen LogP contribution in [0.1, 0.15) is 25.0 Å². The number of aromatic nitrogens is 2. The zero-order valence-electron chi connectivity index (χ0n) is 29.7. The second-order valence-electron chi connectivity index (χ2n) is 15.0. The van der Waals surface area contributed by atoms with Crippen LogP contribution < -0.4 is 0 Å². The average molecular weight is 677 g/mol. The lowest BCUT2D eigenvalue weighted by Crippen LogP contribution is -2.14. The molecule has 0 fully saturated rings. The van der Waals surface area contributed by atoms with Gasteiger partial charge < -0.3 is 9.13 Å². The molecule has 1 aliphatic carbocycles. The largest absolute Gasteiger partial charge is 0.309 e. The second kappa shape index (κ2) is 11.2. The Morgan fingerprint density at radius 2 is 0.868 bits per heavy atom. The van der Waals surface area contributed by atoms with Gasteiger partial charge in [0.15, 0.2) is 0 Å². The Hall–Kier alpha value is -6.64. The number of rotatable bonds is 4. The van der Waals surface area contributed by atoms with Crippen LogP contribution in [0.15, 0.2) is 182 Å². The molecule has 250 valence electrons. The summed E-state index contributed by atoms with van der Waals surface area (Å²) in [4.78, 5) is 0. The fourth-order valence-corrected chi connectivity index (χ4v) is 9.15. The van der Waals surface area contributed by atoms with E-state index in [1.807, 2.05) is 0 Å². The molecule has 0 amide bonds. The summed E-state index contributed by atoms with van der Waals surface area (Å²) in [5.41, 5.74) is 17.5. The van der Waals surface area contributed by atoms with E-state index in [0.717, 1.165) is 11.4 Å². The van der Waals surface area contributed by atoms with Gasteiger partial charge in [-0.15, -0.1) is 0 Å². The maximum absolute atomic E-state index is 2.44. The molecular formula is C51H36N2. The molecule has 0 saturated heterocycles. The SMILES string of the molecule is CC1(C)c2ccccc2-c2cc(-c3ccc(-n4c5ccccc5c5cc6c7ccccc7n(-c7cccc(-c8ccccc8)c7)c6cc54)cc3)ccc21. The third-order valence-corrected chi connectivity index (χ3v) is 11.7. The Labute approximate surface area is 308 Å². The third kappa shape index (κ3) is 4.39.